The second-order valence-corrected chi connectivity index (χ2v) is 5.65. The zero-order valence-electron chi connectivity index (χ0n) is 12.0. The predicted molar refractivity (Wildman–Crippen MR) is 84.8 cm³/mol. The van der Waals surface area contributed by atoms with Gasteiger partial charge in [0.25, 0.3) is 5.56 Å². The van der Waals surface area contributed by atoms with Crippen molar-refractivity contribution in [3.63, 3.8) is 0 Å². The highest BCUT2D eigenvalue weighted by Gasteiger charge is 2.15. The highest BCUT2D eigenvalue weighted by molar-refractivity contribution is 6.32. The number of rotatable bonds is 4. The third-order valence-electron chi connectivity index (χ3n) is 3.09. The summed E-state index contributed by atoms with van der Waals surface area (Å²) in [6.07, 6.45) is 1.49. The van der Waals surface area contributed by atoms with E-state index in [0.29, 0.717) is 5.56 Å². The van der Waals surface area contributed by atoms with Crippen LogP contribution >= 0.6 is 23.2 Å². The molecule has 0 fully saturated rings. The van der Waals surface area contributed by atoms with Crippen LogP contribution in [-0.4, -0.2) is 16.4 Å². The molecule has 0 aliphatic rings. The first-order valence-corrected chi connectivity index (χ1v) is 7.08. The second kappa shape index (κ2) is 6.50. The van der Waals surface area contributed by atoms with E-state index >= 15 is 0 Å². The molecule has 0 bridgehead atoms. The summed E-state index contributed by atoms with van der Waals surface area (Å²) in [5.41, 5.74) is 0.757. The molecule has 0 radical (unpaired) electrons. The summed E-state index contributed by atoms with van der Waals surface area (Å²) in [5.74, 6) is -0.494. The summed E-state index contributed by atoms with van der Waals surface area (Å²) >= 11 is 11.6. The number of ether oxygens (including phenoxy) is 1. The monoisotopic (exact) mass is 342 g/mol. The van der Waals surface area contributed by atoms with Gasteiger partial charge in [-0.3, -0.25) is 4.79 Å². The first kappa shape index (κ1) is 16.5. The normalized spacial score (nSPS) is 10.6. The summed E-state index contributed by atoms with van der Waals surface area (Å²) in [7, 11) is 0. The van der Waals surface area contributed by atoms with Crippen molar-refractivity contribution in [1.29, 1.82) is 0 Å². The predicted octanol–water partition coefficient (Wildman–Crippen LogP) is 3.77. The average molecular weight is 343 g/mol. The smallest absolute Gasteiger partial charge is 0.274 e. The summed E-state index contributed by atoms with van der Waals surface area (Å²) in [4.78, 5) is 12.2. The fraction of sp³-hybridized carbons (Fsp3) is 0.200. The van der Waals surface area contributed by atoms with Gasteiger partial charge in [0.2, 0.25) is 0 Å². The number of nitrogens with zero attached hydrogens (tertiary/aromatic N) is 2. The van der Waals surface area contributed by atoms with E-state index in [2.05, 4.69) is 11.7 Å². The first-order valence-electron chi connectivity index (χ1n) is 6.32. The molecule has 0 unspecified atom stereocenters. The number of hydrogen-bond donors (Lipinski definition) is 0. The maximum Gasteiger partial charge on any atom is 0.274 e. The Labute approximate surface area is 136 Å². The molecule has 22 heavy (non-hydrogen) atoms. The van der Waals surface area contributed by atoms with E-state index in [0.717, 1.165) is 16.3 Å². The maximum absolute atomic E-state index is 14.1. The minimum absolute atomic E-state index is 0.0155. The molecular weight excluding hydrogens is 330 g/mol. The zero-order chi connectivity index (χ0) is 16.4. The summed E-state index contributed by atoms with van der Waals surface area (Å²) in [6, 6.07) is 2.37. The zero-order valence-corrected chi connectivity index (χ0v) is 13.5. The van der Waals surface area contributed by atoms with Crippen molar-refractivity contribution in [3.8, 4) is 11.4 Å². The van der Waals surface area contributed by atoms with Gasteiger partial charge in [-0.05, 0) is 25.5 Å². The van der Waals surface area contributed by atoms with Gasteiger partial charge in [0.15, 0.2) is 5.82 Å². The van der Waals surface area contributed by atoms with Crippen LogP contribution in [0.15, 0.2) is 34.7 Å². The molecule has 0 atom stereocenters. The van der Waals surface area contributed by atoms with Gasteiger partial charge >= 0.3 is 0 Å². The van der Waals surface area contributed by atoms with Crippen molar-refractivity contribution in [2.75, 3.05) is 6.61 Å². The number of aryl methyl sites for hydroxylation is 1. The lowest BCUT2D eigenvalue weighted by Crippen LogP contribution is -2.24. The van der Waals surface area contributed by atoms with Crippen molar-refractivity contribution in [2.24, 2.45) is 0 Å². The standard InChI is InChI=1S/C15H13Cl2FN2O2/c1-8-6-19-20(15(21)10(8)3)13-5-14(22-7-9(2)16)11(17)4-12(13)18/h4-6H,2,7H2,1,3H3. The lowest BCUT2D eigenvalue weighted by atomic mass is 10.2. The Balaban J connectivity index is 2.56. The van der Waals surface area contributed by atoms with Gasteiger partial charge in [0.05, 0.1) is 11.2 Å². The van der Waals surface area contributed by atoms with Crippen molar-refractivity contribution in [1.82, 2.24) is 9.78 Å². The van der Waals surface area contributed by atoms with Crippen LogP contribution in [0.4, 0.5) is 4.39 Å². The molecule has 1 aromatic heterocycles. The average Bonchev–Trinajstić information content (AvgIpc) is 2.45. The van der Waals surface area contributed by atoms with E-state index in [9.17, 15) is 9.18 Å². The van der Waals surface area contributed by atoms with Crippen LogP contribution in [0.3, 0.4) is 0 Å². The molecule has 0 saturated heterocycles. The topological polar surface area (TPSA) is 44.1 Å². The quantitative estimate of drug-likeness (QED) is 0.849. The molecule has 0 spiro atoms. The fourth-order valence-corrected chi connectivity index (χ4v) is 2.00. The number of halogens is 3. The molecule has 0 saturated carbocycles. The van der Waals surface area contributed by atoms with Crippen LogP contribution in [0.2, 0.25) is 5.02 Å². The molecule has 1 heterocycles. The Morgan fingerprint density at radius 2 is 2.14 bits per heavy atom. The van der Waals surface area contributed by atoms with Gasteiger partial charge in [-0.25, -0.2) is 4.39 Å². The van der Waals surface area contributed by atoms with Gasteiger partial charge in [0, 0.05) is 16.7 Å². The van der Waals surface area contributed by atoms with E-state index in [1.807, 2.05) is 0 Å². The highest BCUT2D eigenvalue weighted by atomic mass is 35.5. The SMILES string of the molecule is C=C(Cl)COc1cc(-n2ncc(C)c(C)c2=O)c(F)cc1Cl. The third kappa shape index (κ3) is 3.31. The molecule has 1 aromatic carbocycles. The van der Waals surface area contributed by atoms with Crippen molar-refractivity contribution in [2.45, 2.75) is 13.8 Å². The molecule has 4 nitrogen and oxygen atoms in total. The van der Waals surface area contributed by atoms with Crippen molar-refractivity contribution in [3.05, 3.63) is 62.3 Å². The van der Waals surface area contributed by atoms with Crippen molar-refractivity contribution < 1.29 is 9.13 Å². The van der Waals surface area contributed by atoms with Crippen molar-refractivity contribution >= 4 is 23.2 Å². The molecule has 0 aliphatic heterocycles. The molecule has 0 N–H and O–H groups in total. The Hall–Kier alpha value is -1.85. The van der Waals surface area contributed by atoms with Crippen LogP contribution in [0.5, 0.6) is 5.75 Å². The number of hydrogen-bond acceptors (Lipinski definition) is 3. The van der Waals surface area contributed by atoms with Gasteiger partial charge in [-0.2, -0.15) is 9.78 Å². The van der Waals surface area contributed by atoms with E-state index in [1.165, 1.54) is 12.3 Å². The number of aromatic nitrogens is 2. The molecule has 7 heteroatoms. The molecule has 116 valence electrons. The van der Waals surface area contributed by atoms with Gasteiger partial charge in [-0.15, -0.1) is 0 Å². The Morgan fingerprint density at radius 3 is 2.77 bits per heavy atom. The maximum atomic E-state index is 14.1. The summed E-state index contributed by atoms with van der Waals surface area (Å²) < 4.78 is 20.4. The second-order valence-electron chi connectivity index (χ2n) is 4.71. The minimum Gasteiger partial charge on any atom is -0.486 e. The van der Waals surface area contributed by atoms with Gasteiger partial charge < -0.3 is 4.74 Å². The number of benzene rings is 1. The highest BCUT2D eigenvalue weighted by Crippen LogP contribution is 2.29. The summed E-state index contributed by atoms with van der Waals surface area (Å²) in [6.45, 7) is 6.91. The van der Waals surface area contributed by atoms with Crippen LogP contribution in [0.1, 0.15) is 11.1 Å². The minimum atomic E-state index is -0.681. The lowest BCUT2D eigenvalue weighted by Gasteiger charge is -2.12. The molecule has 2 rings (SSSR count). The molecule has 2 aromatic rings. The lowest BCUT2D eigenvalue weighted by molar-refractivity contribution is 0.358. The molecule has 0 amide bonds. The van der Waals surface area contributed by atoms with Crippen LogP contribution < -0.4 is 10.3 Å². The molecule has 0 aliphatic carbocycles. The van der Waals surface area contributed by atoms with Crippen LogP contribution in [-0.2, 0) is 0 Å². The fourth-order valence-electron chi connectivity index (χ4n) is 1.74. The largest absolute Gasteiger partial charge is 0.486 e. The van der Waals surface area contributed by atoms with Gasteiger partial charge in [-0.1, -0.05) is 29.8 Å². The Bertz CT molecular complexity index is 803. The molecular formula is C15H13Cl2FN2O2. The first-order chi connectivity index (χ1) is 10.3. The Morgan fingerprint density at radius 1 is 1.45 bits per heavy atom. The summed E-state index contributed by atoms with van der Waals surface area (Å²) in [5, 5.41) is 4.29. The van der Waals surface area contributed by atoms with E-state index < -0.39 is 11.4 Å². The van der Waals surface area contributed by atoms with Gasteiger partial charge in [0.1, 0.15) is 18.0 Å². The van der Waals surface area contributed by atoms with E-state index in [1.54, 1.807) is 13.8 Å². The van der Waals surface area contributed by atoms with Crippen LogP contribution in [0, 0.1) is 19.7 Å². The third-order valence-corrected chi connectivity index (χ3v) is 3.49. The van der Waals surface area contributed by atoms with E-state index in [-0.39, 0.29) is 28.1 Å². The van der Waals surface area contributed by atoms with E-state index in [4.69, 9.17) is 27.9 Å². The van der Waals surface area contributed by atoms with Crippen LogP contribution in [0.25, 0.3) is 5.69 Å². The Kier molecular flexibility index (Phi) is 4.88.